The Morgan fingerprint density at radius 1 is 1.55 bits per heavy atom. The number of carboxylic acids is 1. The second kappa shape index (κ2) is 6.45. The first kappa shape index (κ1) is 16.1. The Hall–Kier alpha value is -1.98. The summed E-state index contributed by atoms with van der Waals surface area (Å²) in [5.74, 6) is -2.14. The molecule has 8 heteroatoms. The zero-order valence-electron chi connectivity index (χ0n) is 11.1. The normalized spacial score (nSPS) is 12.9. The molecule has 0 aliphatic heterocycles. The van der Waals surface area contributed by atoms with Gasteiger partial charge in [0, 0.05) is 12.7 Å². The van der Waals surface area contributed by atoms with E-state index in [4.69, 9.17) is 10.4 Å². The van der Waals surface area contributed by atoms with Crippen molar-refractivity contribution in [1.82, 2.24) is 9.71 Å². The lowest BCUT2D eigenvalue weighted by Gasteiger charge is -2.16. The van der Waals surface area contributed by atoms with E-state index in [1.165, 1.54) is 18.3 Å². The van der Waals surface area contributed by atoms with E-state index in [0.29, 0.717) is 0 Å². The predicted molar refractivity (Wildman–Crippen MR) is 70.1 cm³/mol. The van der Waals surface area contributed by atoms with Crippen molar-refractivity contribution in [2.45, 2.75) is 18.7 Å². The van der Waals surface area contributed by atoms with Gasteiger partial charge in [-0.25, -0.2) is 18.1 Å². The molecule has 1 unspecified atom stereocenters. The molecule has 0 spiro atoms. The summed E-state index contributed by atoms with van der Waals surface area (Å²) >= 11 is 0. The Balaban J connectivity index is 2.97. The zero-order valence-corrected chi connectivity index (χ0v) is 11.9. The number of nitrogens with zero attached hydrogens (tertiary/aromatic N) is 2. The molecular weight excluding hydrogens is 282 g/mol. The molecule has 108 valence electrons. The fourth-order valence-corrected chi connectivity index (χ4v) is 2.74. The van der Waals surface area contributed by atoms with Crippen LogP contribution in [0.3, 0.4) is 0 Å². The molecule has 1 atom stereocenters. The average molecular weight is 297 g/mol. The van der Waals surface area contributed by atoms with E-state index in [9.17, 15) is 13.2 Å². The van der Waals surface area contributed by atoms with Crippen LogP contribution in [0.2, 0.25) is 0 Å². The predicted octanol–water partition coefficient (Wildman–Crippen LogP) is 0.588. The van der Waals surface area contributed by atoms with Crippen molar-refractivity contribution >= 4 is 16.0 Å². The monoisotopic (exact) mass is 297 g/mol. The first-order chi connectivity index (χ1) is 9.29. The smallest absolute Gasteiger partial charge is 0.308 e. The number of rotatable bonds is 6. The van der Waals surface area contributed by atoms with Crippen molar-refractivity contribution in [1.29, 1.82) is 5.26 Å². The molecule has 1 rings (SSSR count). The number of carbonyl (C=O) groups is 1. The molecule has 0 amide bonds. The molecule has 0 aliphatic carbocycles. The topological polar surface area (TPSA) is 120 Å². The van der Waals surface area contributed by atoms with Crippen LogP contribution in [0.15, 0.2) is 23.2 Å². The molecule has 1 heterocycles. The van der Waals surface area contributed by atoms with Gasteiger partial charge in [-0.2, -0.15) is 5.26 Å². The van der Waals surface area contributed by atoms with Crippen LogP contribution in [0.1, 0.15) is 19.5 Å². The van der Waals surface area contributed by atoms with E-state index in [1.54, 1.807) is 19.9 Å². The largest absolute Gasteiger partial charge is 0.481 e. The molecule has 0 aliphatic rings. The summed E-state index contributed by atoms with van der Waals surface area (Å²) < 4.78 is 26.3. The fourth-order valence-electron chi connectivity index (χ4n) is 1.58. The lowest BCUT2D eigenvalue weighted by molar-refractivity contribution is -0.142. The molecule has 0 radical (unpaired) electrons. The maximum atomic E-state index is 12.1. The highest BCUT2D eigenvalue weighted by Gasteiger charge is 2.25. The van der Waals surface area contributed by atoms with Crippen molar-refractivity contribution in [3.05, 3.63) is 24.0 Å². The van der Waals surface area contributed by atoms with Crippen molar-refractivity contribution < 1.29 is 18.3 Å². The van der Waals surface area contributed by atoms with Gasteiger partial charge in [-0.05, 0) is 18.1 Å². The number of aromatic nitrogens is 1. The Labute approximate surface area is 117 Å². The summed E-state index contributed by atoms with van der Waals surface area (Å²) in [4.78, 5) is 14.4. The quantitative estimate of drug-likeness (QED) is 0.792. The molecule has 0 saturated heterocycles. The number of hydrogen-bond donors (Lipinski definition) is 2. The van der Waals surface area contributed by atoms with E-state index >= 15 is 0 Å². The van der Waals surface area contributed by atoms with Gasteiger partial charge < -0.3 is 5.11 Å². The lowest BCUT2D eigenvalue weighted by atomic mass is 9.97. The van der Waals surface area contributed by atoms with Crippen LogP contribution in [0.25, 0.3) is 0 Å². The van der Waals surface area contributed by atoms with Gasteiger partial charge in [0.05, 0.1) is 5.92 Å². The van der Waals surface area contributed by atoms with E-state index in [0.717, 1.165) is 0 Å². The third-order valence-electron chi connectivity index (χ3n) is 2.78. The molecule has 0 fully saturated rings. The van der Waals surface area contributed by atoms with Crippen molar-refractivity contribution in [3.8, 4) is 6.07 Å². The Morgan fingerprint density at radius 2 is 2.20 bits per heavy atom. The van der Waals surface area contributed by atoms with Gasteiger partial charge >= 0.3 is 5.97 Å². The molecular formula is C12H15N3O4S. The minimum Gasteiger partial charge on any atom is -0.481 e. The van der Waals surface area contributed by atoms with Gasteiger partial charge in [0.15, 0.2) is 5.69 Å². The number of pyridine rings is 1. The molecule has 20 heavy (non-hydrogen) atoms. The Bertz CT molecular complexity index is 634. The maximum Gasteiger partial charge on any atom is 0.308 e. The van der Waals surface area contributed by atoms with Crippen molar-refractivity contribution in [2.75, 3.05) is 6.54 Å². The number of hydrogen-bond acceptors (Lipinski definition) is 5. The van der Waals surface area contributed by atoms with Crippen LogP contribution in [-0.4, -0.2) is 31.0 Å². The second-order valence-electron chi connectivity index (χ2n) is 4.50. The van der Waals surface area contributed by atoms with Crippen molar-refractivity contribution in [3.63, 3.8) is 0 Å². The number of nitriles is 1. The first-order valence-electron chi connectivity index (χ1n) is 5.87. The molecule has 0 saturated carbocycles. The standard InChI is InChI=1S/C12H15N3O4S/c1-8(2)9(12(16)17)7-15-20(18,19)11-4-3-5-14-10(11)6-13/h3-5,8-9,15H,7H2,1-2H3,(H,16,17). The van der Waals surface area contributed by atoms with E-state index in [-0.39, 0.29) is 23.1 Å². The van der Waals surface area contributed by atoms with Crippen LogP contribution in [0, 0.1) is 23.2 Å². The van der Waals surface area contributed by atoms with Crippen LogP contribution in [-0.2, 0) is 14.8 Å². The van der Waals surface area contributed by atoms with Gasteiger partial charge in [-0.15, -0.1) is 0 Å². The van der Waals surface area contributed by atoms with Crippen LogP contribution < -0.4 is 4.72 Å². The highest BCUT2D eigenvalue weighted by Crippen LogP contribution is 2.14. The van der Waals surface area contributed by atoms with Crippen LogP contribution >= 0.6 is 0 Å². The minimum atomic E-state index is -3.96. The Kier molecular flexibility index (Phi) is 5.19. The molecule has 2 N–H and O–H groups in total. The van der Waals surface area contributed by atoms with Gasteiger partial charge in [0.2, 0.25) is 10.0 Å². The van der Waals surface area contributed by atoms with Gasteiger partial charge in [0.25, 0.3) is 0 Å². The number of carboxylic acid groups (broad SMARTS) is 1. The van der Waals surface area contributed by atoms with Gasteiger partial charge in [-0.3, -0.25) is 4.79 Å². The highest BCUT2D eigenvalue weighted by atomic mass is 32.2. The summed E-state index contributed by atoms with van der Waals surface area (Å²) in [5, 5.41) is 17.8. The summed E-state index contributed by atoms with van der Waals surface area (Å²) in [5.41, 5.74) is -0.226. The third-order valence-corrected chi connectivity index (χ3v) is 4.24. The lowest BCUT2D eigenvalue weighted by Crippen LogP contribution is -2.35. The van der Waals surface area contributed by atoms with Crippen LogP contribution in [0.4, 0.5) is 0 Å². The second-order valence-corrected chi connectivity index (χ2v) is 6.24. The van der Waals surface area contributed by atoms with Gasteiger partial charge in [-0.1, -0.05) is 13.8 Å². The molecule has 0 aromatic carbocycles. The third kappa shape index (κ3) is 3.76. The summed E-state index contributed by atoms with van der Waals surface area (Å²) in [6.07, 6.45) is 1.31. The highest BCUT2D eigenvalue weighted by molar-refractivity contribution is 7.89. The maximum absolute atomic E-state index is 12.1. The van der Waals surface area contributed by atoms with E-state index < -0.39 is 21.9 Å². The average Bonchev–Trinajstić information content (AvgIpc) is 2.37. The number of sulfonamides is 1. The zero-order chi connectivity index (χ0) is 15.3. The number of nitrogens with one attached hydrogen (secondary N) is 1. The molecule has 0 bridgehead atoms. The summed E-state index contributed by atoms with van der Waals surface area (Å²) in [6, 6.07) is 4.33. The molecule has 1 aromatic heterocycles. The summed E-state index contributed by atoms with van der Waals surface area (Å²) in [7, 11) is -3.96. The van der Waals surface area contributed by atoms with Gasteiger partial charge in [0.1, 0.15) is 11.0 Å². The van der Waals surface area contributed by atoms with Crippen molar-refractivity contribution in [2.24, 2.45) is 11.8 Å². The number of aliphatic carboxylic acids is 1. The van der Waals surface area contributed by atoms with E-state index in [2.05, 4.69) is 9.71 Å². The molecule has 1 aromatic rings. The Morgan fingerprint density at radius 3 is 2.70 bits per heavy atom. The summed E-state index contributed by atoms with van der Waals surface area (Å²) in [6.45, 7) is 3.14. The fraction of sp³-hybridized carbons (Fsp3) is 0.417. The minimum absolute atomic E-state index is 0.223. The SMILES string of the molecule is CC(C)C(CNS(=O)(=O)c1cccnc1C#N)C(=O)O. The molecule has 7 nitrogen and oxygen atoms in total. The van der Waals surface area contributed by atoms with E-state index in [1.807, 2.05) is 0 Å². The first-order valence-corrected chi connectivity index (χ1v) is 7.35. The van der Waals surface area contributed by atoms with Crippen LogP contribution in [0.5, 0.6) is 0 Å².